The van der Waals surface area contributed by atoms with Crippen molar-refractivity contribution >= 4 is 11.8 Å². The first-order valence-electron chi connectivity index (χ1n) is 7.21. The van der Waals surface area contributed by atoms with Crippen molar-refractivity contribution in [3.63, 3.8) is 0 Å². The summed E-state index contributed by atoms with van der Waals surface area (Å²) in [4.78, 5) is 29.1. The topological polar surface area (TPSA) is 62.3 Å². The van der Waals surface area contributed by atoms with E-state index >= 15 is 0 Å². The highest BCUT2D eigenvalue weighted by Gasteiger charge is 2.14. The normalized spacial score (nSPS) is 10.2. The van der Waals surface area contributed by atoms with Crippen LogP contribution in [0.2, 0.25) is 0 Å². The molecule has 120 valence electrons. The Hall–Kier alpha value is -2.76. The van der Waals surface area contributed by atoms with Crippen LogP contribution in [0.15, 0.2) is 48.8 Å². The van der Waals surface area contributed by atoms with Crippen molar-refractivity contribution in [1.29, 1.82) is 0 Å². The molecule has 2 rings (SSSR count). The fourth-order valence-corrected chi connectivity index (χ4v) is 2.06. The molecule has 0 atom stereocenters. The number of halogens is 1. The van der Waals surface area contributed by atoms with Gasteiger partial charge >= 0.3 is 0 Å². The number of carbonyl (C=O) groups excluding carboxylic acids is 2. The van der Waals surface area contributed by atoms with Gasteiger partial charge in [-0.25, -0.2) is 4.39 Å². The zero-order chi connectivity index (χ0) is 16.7. The maximum atomic E-state index is 13.5. The third-order valence-electron chi connectivity index (χ3n) is 3.31. The average Bonchev–Trinajstić information content (AvgIpc) is 2.54. The first-order valence-corrected chi connectivity index (χ1v) is 7.21. The van der Waals surface area contributed by atoms with Gasteiger partial charge in [-0.05, 0) is 17.7 Å². The largest absolute Gasteiger partial charge is 0.350 e. The number of benzene rings is 1. The molecule has 0 spiro atoms. The van der Waals surface area contributed by atoms with Crippen LogP contribution in [0.3, 0.4) is 0 Å². The van der Waals surface area contributed by atoms with Crippen molar-refractivity contribution in [3.05, 3.63) is 65.7 Å². The number of aromatic nitrogens is 1. The Kier molecular flexibility index (Phi) is 5.80. The molecule has 6 heteroatoms. The number of carbonyl (C=O) groups is 2. The van der Waals surface area contributed by atoms with Gasteiger partial charge in [-0.3, -0.25) is 14.6 Å². The van der Waals surface area contributed by atoms with Crippen LogP contribution in [0, 0.1) is 5.82 Å². The van der Waals surface area contributed by atoms with E-state index in [1.807, 2.05) is 6.07 Å². The van der Waals surface area contributed by atoms with Gasteiger partial charge in [0.15, 0.2) is 0 Å². The zero-order valence-corrected chi connectivity index (χ0v) is 12.8. The molecule has 2 amide bonds. The number of nitrogens with zero attached hydrogens (tertiary/aromatic N) is 2. The smallest absolute Gasteiger partial charge is 0.239 e. The molecule has 5 nitrogen and oxygen atoms in total. The van der Waals surface area contributed by atoms with E-state index in [0.717, 1.165) is 5.56 Å². The van der Waals surface area contributed by atoms with Crippen molar-refractivity contribution in [3.8, 4) is 0 Å². The molecule has 0 fully saturated rings. The van der Waals surface area contributed by atoms with Gasteiger partial charge in [0.2, 0.25) is 11.8 Å². The minimum absolute atomic E-state index is 0.0846. The molecule has 1 aromatic carbocycles. The second-order valence-electron chi connectivity index (χ2n) is 5.10. The summed E-state index contributed by atoms with van der Waals surface area (Å²) in [5.41, 5.74) is 1.24. The quantitative estimate of drug-likeness (QED) is 0.885. The molecule has 23 heavy (non-hydrogen) atoms. The van der Waals surface area contributed by atoms with Crippen molar-refractivity contribution in [2.45, 2.75) is 20.0 Å². The Labute approximate surface area is 134 Å². The first-order chi connectivity index (χ1) is 11.1. The van der Waals surface area contributed by atoms with Crippen LogP contribution in [0.4, 0.5) is 4.39 Å². The summed E-state index contributed by atoms with van der Waals surface area (Å²) in [5.74, 6) is -0.922. The molecular formula is C17H18FN3O2. The van der Waals surface area contributed by atoms with Crippen molar-refractivity contribution in [2.75, 3.05) is 6.54 Å². The second kappa shape index (κ2) is 8.03. The molecule has 0 saturated carbocycles. The van der Waals surface area contributed by atoms with E-state index < -0.39 is 0 Å². The average molecular weight is 315 g/mol. The Morgan fingerprint density at radius 2 is 2.00 bits per heavy atom. The summed E-state index contributed by atoms with van der Waals surface area (Å²) >= 11 is 0. The lowest BCUT2D eigenvalue weighted by Gasteiger charge is -2.20. The Balaban J connectivity index is 1.91. The van der Waals surface area contributed by atoms with Gasteiger partial charge in [0.05, 0.1) is 6.54 Å². The number of nitrogens with one attached hydrogen (secondary N) is 1. The molecule has 0 saturated heterocycles. The van der Waals surface area contributed by atoms with Gasteiger partial charge < -0.3 is 10.2 Å². The summed E-state index contributed by atoms with van der Waals surface area (Å²) < 4.78 is 13.5. The molecule has 1 N–H and O–H groups in total. The molecule has 0 radical (unpaired) electrons. The number of hydrogen-bond acceptors (Lipinski definition) is 3. The summed E-state index contributed by atoms with van der Waals surface area (Å²) in [7, 11) is 0. The van der Waals surface area contributed by atoms with Crippen LogP contribution in [0.5, 0.6) is 0 Å². The monoisotopic (exact) mass is 315 g/mol. The molecule has 2 aromatic rings. The molecule has 0 aliphatic rings. The van der Waals surface area contributed by atoms with Gasteiger partial charge in [-0.2, -0.15) is 0 Å². The van der Waals surface area contributed by atoms with Crippen LogP contribution in [0.25, 0.3) is 0 Å². The second-order valence-corrected chi connectivity index (χ2v) is 5.10. The molecule has 1 aromatic heterocycles. The van der Waals surface area contributed by atoms with Gasteiger partial charge in [-0.1, -0.05) is 24.3 Å². The predicted molar refractivity (Wildman–Crippen MR) is 83.6 cm³/mol. The van der Waals surface area contributed by atoms with Crippen LogP contribution in [-0.4, -0.2) is 28.2 Å². The molecule has 1 heterocycles. The summed E-state index contributed by atoms with van der Waals surface area (Å²) in [5, 5.41) is 2.62. The standard InChI is InChI=1S/C17H18FN3O2/c1-13(22)21(11-14-5-4-8-19-9-14)12-17(23)20-10-15-6-2-3-7-16(15)18/h2-9H,10-12H2,1H3,(H,20,23). The van der Waals surface area contributed by atoms with E-state index in [0.29, 0.717) is 12.1 Å². The maximum absolute atomic E-state index is 13.5. The van der Waals surface area contributed by atoms with Gasteiger partial charge in [0.25, 0.3) is 0 Å². The number of hydrogen-bond donors (Lipinski definition) is 1. The van der Waals surface area contributed by atoms with Gasteiger partial charge in [0.1, 0.15) is 5.82 Å². The SMILES string of the molecule is CC(=O)N(CC(=O)NCc1ccccc1F)Cc1cccnc1. The predicted octanol–water partition coefficient (Wildman–Crippen LogP) is 1.89. The van der Waals surface area contributed by atoms with Crippen molar-refractivity contribution < 1.29 is 14.0 Å². The molecule has 0 bridgehead atoms. The van der Waals surface area contributed by atoms with E-state index in [9.17, 15) is 14.0 Å². The highest BCUT2D eigenvalue weighted by Crippen LogP contribution is 2.06. The minimum atomic E-state index is -0.369. The van der Waals surface area contributed by atoms with E-state index in [2.05, 4.69) is 10.3 Å². The number of amides is 2. The lowest BCUT2D eigenvalue weighted by molar-refractivity contribution is -0.135. The summed E-state index contributed by atoms with van der Waals surface area (Å²) in [6.45, 7) is 1.71. The van der Waals surface area contributed by atoms with Crippen LogP contribution < -0.4 is 5.32 Å². The molecular weight excluding hydrogens is 297 g/mol. The Bertz CT molecular complexity index is 677. The summed E-state index contributed by atoms with van der Waals surface area (Å²) in [6.07, 6.45) is 3.29. The third-order valence-corrected chi connectivity index (χ3v) is 3.31. The van der Waals surface area contributed by atoms with Crippen LogP contribution in [0.1, 0.15) is 18.1 Å². The molecule has 0 unspecified atom stereocenters. The number of rotatable bonds is 6. The van der Waals surface area contributed by atoms with Crippen molar-refractivity contribution in [2.24, 2.45) is 0 Å². The zero-order valence-electron chi connectivity index (χ0n) is 12.8. The lowest BCUT2D eigenvalue weighted by Crippen LogP contribution is -2.39. The van der Waals surface area contributed by atoms with E-state index in [-0.39, 0.29) is 30.7 Å². The van der Waals surface area contributed by atoms with E-state index in [1.54, 1.807) is 36.7 Å². The molecule has 0 aliphatic carbocycles. The molecule has 0 aliphatic heterocycles. The third kappa shape index (κ3) is 5.18. The van der Waals surface area contributed by atoms with Crippen LogP contribution in [-0.2, 0) is 22.7 Å². The first kappa shape index (κ1) is 16.6. The highest BCUT2D eigenvalue weighted by atomic mass is 19.1. The fraction of sp³-hybridized carbons (Fsp3) is 0.235. The Morgan fingerprint density at radius 1 is 1.22 bits per heavy atom. The van der Waals surface area contributed by atoms with Crippen LogP contribution >= 0.6 is 0 Å². The van der Waals surface area contributed by atoms with Gasteiger partial charge in [0, 0.05) is 38.0 Å². The van der Waals surface area contributed by atoms with Crippen molar-refractivity contribution in [1.82, 2.24) is 15.2 Å². The Morgan fingerprint density at radius 3 is 2.65 bits per heavy atom. The highest BCUT2D eigenvalue weighted by molar-refractivity contribution is 5.83. The minimum Gasteiger partial charge on any atom is -0.350 e. The van der Waals surface area contributed by atoms with E-state index in [4.69, 9.17) is 0 Å². The lowest BCUT2D eigenvalue weighted by atomic mass is 10.2. The fourth-order valence-electron chi connectivity index (χ4n) is 2.06. The van der Waals surface area contributed by atoms with Gasteiger partial charge in [-0.15, -0.1) is 0 Å². The maximum Gasteiger partial charge on any atom is 0.239 e. The number of pyridine rings is 1. The summed E-state index contributed by atoms with van der Waals surface area (Å²) in [6, 6.07) is 9.84. The van der Waals surface area contributed by atoms with E-state index in [1.165, 1.54) is 17.9 Å².